The van der Waals surface area contributed by atoms with Crippen molar-refractivity contribution in [2.45, 2.75) is 64.8 Å². The summed E-state index contributed by atoms with van der Waals surface area (Å²) in [5, 5.41) is 0. The van der Waals surface area contributed by atoms with Crippen molar-refractivity contribution in [2.24, 2.45) is 5.92 Å². The van der Waals surface area contributed by atoms with Crippen LogP contribution in [0.1, 0.15) is 58.8 Å². The lowest BCUT2D eigenvalue weighted by Gasteiger charge is -2.36. The Morgan fingerprint density at radius 1 is 1.04 bits per heavy atom. The Kier molecular flexibility index (Phi) is 7.34. The van der Waals surface area contributed by atoms with Crippen LogP contribution in [0.3, 0.4) is 0 Å². The minimum atomic E-state index is -0.0733. The molecule has 0 aromatic heterocycles. The van der Waals surface area contributed by atoms with Crippen LogP contribution in [0.25, 0.3) is 0 Å². The van der Waals surface area contributed by atoms with Crippen molar-refractivity contribution in [3.05, 3.63) is 0 Å². The minimum Gasteiger partial charge on any atom is -0.466 e. The molecule has 0 bridgehead atoms. The number of rotatable bonds is 6. The van der Waals surface area contributed by atoms with E-state index in [1.807, 2.05) is 6.92 Å². The van der Waals surface area contributed by atoms with Crippen molar-refractivity contribution in [2.75, 3.05) is 32.8 Å². The predicted molar refractivity (Wildman–Crippen MR) is 90.1 cm³/mol. The SMILES string of the molecule is CCOC(=O)C1CCN(CC(=O)N(CC)C2CCCCC2)CC1. The molecule has 23 heavy (non-hydrogen) atoms. The van der Waals surface area contributed by atoms with Gasteiger partial charge in [0.1, 0.15) is 0 Å². The van der Waals surface area contributed by atoms with E-state index in [1.54, 1.807) is 0 Å². The van der Waals surface area contributed by atoms with Crippen LogP contribution in [-0.4, -0.2) is 60.5 Å². The fourth-order valence-corrected chi connectivity index (χ4v) is 3.90. The van der Waals surface area contributed by atoms with Gasteiger partial charge in [0.2, 0.25) is 5.91 Å². The molecular weight excluding hydrogens is 292 g/mol. The normalized spacial score (nSPS) is 21.1. The van der Waals surface area contributed by atoms with Gasteiger partial charge in [-0.25, -0.2) is 0 Å². The third-order valence-electron chi connectivity index (χ3n) is 5.24. The molecule has 1 saturated carbocycles. The number of amides is 1. The number of hydrogen-bond acceptors (Lipinski definition) is 4. The van der Waals surface area contributed by atoms with Crippen LogP contribution in [0.15, 0.2) is 0 Å². The van der Waals surface area contributed by atoms with Crippen molar-refractivity contribution >= 4 is 11.9 Å². The van der Waals surface area contributed by atoms with Crippen LogP contribution in [0.4, 0.5) is 0 Å². The largest absolute Gasteiger partial charge is 0.466 e. The second kappa shape index (κ2) is 9.26. The van der Waals surface area contributed by atoms with E-state index in [0.29, 0.717) is 19.2 Å². The number of nitrogens with zero attached hydrogens (tertiary/aromatic N) is 2. The van der Waals surface area contributed by atoms with Gasteiger partial charge in [0.15, 0.2) is 0 Å². The van der Waals surface area contributed by atoms with Crippen LogP contribution in [0.2, 0.25) is 0 Å². The van der Waals surface area contributed by atoms with Crippen LogP contribution in [0, 0.1) is 5.92 Å². The maximum atomic E-state index is 12.7. The van der Waals surface area contributed by atoms with E-state index in [9.17, 15) is 9.59 Å². The lowest BCUT2D eigenvalue weighted by atomic mass is 9.94. The first-order chi connectivity index (χ1) is 11.2. The molecule has 132 valence electrons. The monoisotopic (exact) mass is 324 g/mol. The summed E-state index contributed by atoms with van der Waals surface area (Å²) in [4.78, 5) is 28.7. The molecule has 0 N–H and O–H groups in total. The molecule has 5 nitrogen and oxygen atoms in total. The quantitative estimate of drug-likeness (QED) is 0.704. The molecule has 2 rings (SSSR count). The smallest absolute Gasteiger partial charge is 0.309 e. The Bertz CT molecular complexity index is 386. The average molecular weight is 324 g/mol. The maximum Gasteiger partial charge on any atom is 0.309 e. The summed E-state index contributed by atoms with van der Waals surface area (Å²) >= 11 is 0. The van der Waals surface area contributed by atoms with Crippen molar-refractivity contribution in [1.29, 1.82) is 0 Å². The van der Waals surface area contributed by atoms with Gasteiger partial charge in [0.25, 0.3) is 0 Å². The van der Waals surface area contributed by atoms with Gasteiger partial charge in [-0.2, -0.15) is 0 Å². The number of carbonyl (C=O) groups excluding carboxylic acids is 2. The van der Waals surface area contributed by atoms with Gasteiger partial charge >= 0.3 is 5.97 Å². The van der Waals surface area contributed by atoms with E-state index >= 15 is 0 Å². The topological polar surface area (TPSA) is 49.9 Å². The molecule has 0 aromatic rings. The fourth-order valence-electron chi connectivity index (χ4n) is 3.90. The second-order valence-electron chi connectivity index (χ2n) is 6.77. The van der Waals surface area contributed by atoms with Crippen molar-refractivity contribution in [3.8, 4) is 0 Å². The molecular formula is C18H32N2O3. The summed E-state index contributed by atoms with van der Waals surface area (Å²) in [7, 11) is 0. The summed E-state index contributed by atoms with van der Waals surface area (Å²) in [5.74, 6) is 0.201. The van der Waals surface area contributed by atoms with Gasteiger partial charge in [-0.1, -0.05) is 19.3 Å². The van der Waals surface area contributed by atoms with Crippen molar-refractivity contribution in [1.82, 2.24) is 9.80 Å². The van der Waals surface area contributed by atoms with Crippen LogP contribution in [-0.2, 0) is 14.3 Å². The van der Waals surface area contributed by atoms with Gasteiger partial charge in [-0.15, -0.1) is 0 Å². The second-order valence-corrected chi connectivity index (χ2v) is 6.77. The zero-order valence-corrected chi connectivity index (χ0v) is 14.8. The molecule has 2 fully saturated rings. The molecule has 1 heterocycles. The lowest BCUT2D eigenvalue weighted by Crippen LogP contribution is -2.48. The zero-order chi connectivity index (χ0) is 16.7. The lowest BCUT2D eigenvalue weighted by molar-refractivity contribution is -0.149. The van der Waals surface area contributed by atoms with Gasteiger partial charge in [-0.3, -0.25) is 14.5 Å². The number of piperidine rings is 1. The summed E-state index contributed by atoms with van der Waals surface area (Å²) in [6.07, 6.45) is 7.74. The molecule has 0 atom stereocenters. The molecule has 0 radical (unpaired) electrons. The fraction of sp³-hybridized carbons (Fsp3) is 0.889. The number of likely N-dealkylation sites (tertiary alicyclic amines) is 1. The van der Waals surface area contributed by atoms with E-state index < -0.39 is 0 Å². The standard InChI is InChI=1S/C18H32N2O3/c1-3-20(16-8-6-5-7-9-16)17(21)14-19-12-10-15(11-13-19)18(22)23-4-2/h15-16H,3-14H2,1-2H3. The van der Waals surface area contributed by atoms with E-state index in [-0.39, 0.29) is 17.8 Å². The molecule has 1 aliphatic heterocycles. The Morgan fingerprint density at radius 2 is 1.70 bits per heavy atom. The molecule has 5 heteroatoms. The van der Waals surface area contributed by atoms with Crippen molar-refractivity contribution < 1.29 is 14.3 Å². The molecule has 2 aliphatic rings. The molecule has 1 aliphatic carbocycles. The van der Waals surface area contributed by atoms with Gasteiger partial charge in [0, 0.05) is 12.6 Å². The van der Waals surface area contributed by atoms with Crippen LogP contribution < -0.4 is 0 Å². The molecule has 0 spiro atoms. The van der Waals surface area contributed by atoms with E-state index in [2.05, 4.69) is 16.7 Å². The number of ether oxygens (including phenoxy) is 1. The van der Waals surface area contributed by atoms with Crippen LogP contribution >= 0.6 is 0 Å². The summed E-state index contributed by atoms with van der Waals surface area (Å²) in [6, 6.07) is 0.443. The molecule has 0 aromatic carbocycles. The number of likely N-dealkylation sites (N-methyl/N-ethyl adjacent to an activating group) is 1. The van der Waals surface area contributed by atoms with E-state index in [0.717, 1.165) is 45.3 Å². The highest BCUT2D eigenvalue weighted by atomic mass is 16.5. The highest BCUT2D eigenvalue weighted by molar-refractivity contribution is 5.78. The third kappa shape index (κ3) is 5.20. The van der Waals surface area contributed by atoms with Crippen LogP contribution in [0.5, 0.6) is 0 Å². The highest BCUT2D eigenvalue weighted by Gasteiger charge is 2.29. The molecule has 0 unspecified atom stereocenters. The average Bonchev–Trinajstić information content (AvgIpc) is 2.57. The molecule has 1 amide bonds. The number of esters is 1. The van der Waals surface area contributed by atoms with Gasteiger partial charge in [0.05, 0.1) is 19.1 Å². The molecule has 1 saturated heterocycles. The maximum absolute atomic E-state index is 12.7. The Morgan fingerprint density at radius 3 is 2.26 bits per heavy atom. The summed E-state index contributed by atoms with van der Waals surface area (Å²) < 4.78 is 5.10. The highest BCUT2D eigenvalue weighted by Crippen LogP contribution is 2.23. The van der Waals surface area contributed by atoms with E-state index in [1.165, 1.54) is 19.3 Å². The first-order valence-electron chi connectivity index (χ1n) is 9.34. The predicted octanol–water partition coefficient (Wildman–Crippen LogP) is 2.44. The zero-order valence-electron chi connectivity index (χ0n) is 14.8. The minimum absolute atomic E-state index is 0.0157. The van der Waals surface area contributed by atoms with Gasteiger partial charge < -0.3 is 9.64 Å². The first kappa shape index (κ1) is 18.2. The van der Waals surface area contributed by atoms with E-state index in [4.69, 9.17) is 4.74 Å². The number of hydrogen-bond donors (Lipinski definition) is 0. The Hall–Kier alpha value is -1.10. The van der Waals surface area contributed by atoms with Gasteiger partial charge in [-0.05, 0) is 52.6 Å². The van der Waals surface area contributed by atoms with Crippen molar-refractivity contribution in [3.63, 3.8) is 0 Å². The number of carbonyl (C=O) groups is 2. The Balaban J connectivity index is 1.78. The third-order valence-corrected chi connectivity index (χ3v) is 5.24. The Labute approximate surface area is 140 Å². The first-order valence-corrected chi connectivity index (χ1v) is 9.34. The summed E-state index contributed by atoms with van der Waals surface area (Å²) in [5.41, 5.74) is 0. The summed E-state index contributed by atoms with van der Waals surface area (Å²) in [6.45, 7) is 7.32.